The molecule has 106 valence electrons. The van der Waals surface area contributed by atoms with Crippen LogP contribution in [0.25, 0.3) is 0 Å². The molecular weight excluding hydrogens is 260 g/mol. The number of sulfonamides is 1. The maximum atomic E-state index is 12.7. The molecule has 4 nitrogen and oxygen atoms in total. The predicted molar refractivity (Wildman–Crippen MR) is 77.4 cm³/mol. The van der Waals surface area contributed by atoms with Crippen LogP contribution in [0.15, 0.2) is 23.1 Å². The molecule has 0 unspecified atom stereocenters. The molecule has 0 saturated heterocycles. The first-order valence-electron chi connectivity index (χ1n) is 6.81. The van der Waals surface area contributed by atoms with Crippen LogP contribution in [0.5, 0.6) is 0 Å². The van der Waals surface area contributed by atoms with E-state index in [1.54, 1.807) is 22.5 Å². The average Bonchev–Trinajstić information content (AvgIpc) is 2.30. The Morgan fingerprint density at radius 3 is 2.58 bits per heavy atom. The van der Waals surface area contributed by atoms with Gasteiger partial charge in [0.2, 0.25) is 10.0 Å². The van der Waals surface area contributed by atoms with E-state index < -0.39 is 10.0 Å². The standard InChI is InChI=1S/C14H22N2O2S/c1-3-16(10-12-5-4-6-12)19(17,18)14-9-13(15)8-7-11(14)2/h7-9,12H,3-6,10,15H2,1-2H3. The predicted octanol–water partition coefficient (Wildman–Crippen LogP) is 2.39. The van der Waals surface area contributed by atoms with Gasteiger partial charge >= 0.3 is 0 Å². The van der Waals surface area contributed by atoms with E-state index >= 15 is 0 Å². The van der Waals surface area contributed by atoms with Crippen molar-refractivity contribution >= 4 is 15.7 Å². The van der Waals surface area contributed by atoms with E-state index in [0.29, 0.717) is 29.6 Å². The van der Waals surface area contributed by atoms with Gasteiger partial charge in [0, 0.05) is 18.8 Å². The fraction of sp³-hybridized carbons (Fsp3) is 0.571. The van der Waals surface area contributed by atoms with Gasteiger partial charge in [0.25, 0.3) is 0 Å². The molecular formula is C14H22N2O2S. The van der Waals surface area contributed by atoms with Gasteiger partial charge in [-0.05, 0) is 43.4 Å². The molecule has 1 aromatic rings. The van der Waals surface area contributed by atoms with Crippen molar-refractivity contribution in [2.24, 2.45) is 5.92 Å². The maximum Gasteiger partial charge on any atom is 0.243 e. The second kappa shape index (κ2) is 5.51. The highest BCUT2D eigenvalue weighted by Crippen LogP contribution is 2.30. The molecule has 0 bridgehead atoms. The van der Waals surface area contributed by atoms with Crippen molar-refractivity contribution in [3.05, 3.63) is 23.8 Å². The first-order chi connectivity index (χ1) is 8.95. The fourth-order valence-electron chi connectivity index (χ4n) is 2.39. The molecule has 1 saturated carbocycles. The van der Waals surface area contributed by atoms with Gasteiger partial charge < -0.3 is 5.73 Å². The number of hydrogen-bond acceptors (Lipinski definition) is 3. The van der Waals surface area contributed by atoms with Crippen molar-refractivity contribution < 1.29 is 8.42 Å². The summed E-state index contributed by atoms with van der Waals surface area (Å²) in [6, 6.07) is 5.06. The molecule has 0 aliphatic heterocycles. The number of rotatable bonds is 5. The van der Waals surface area contributed by atoms with E-state index in [1.165, 1.54) is 6.42 Å². The lowest BCUT2D eigenvalue weighted by Crippen LogP contribution is -2.37. The van der Waals surface area contributed by atoms with Gasteiger partial charge in [-0.25, -0.2) is 8.42 Å². The molecule has 1 aromatic carbocycles. The van der Waals surface area contributed by atoms with Gasteiger partial charge in [0.05, 0.1) is 4.90 Å². The largest absolute Gasteiger partial charge is 0.399 e. The number of nitrogen functional groups attached to an aromatic ring is 1. The number of nitrogens with zero attached hydrogens (tertiary/aromatic N) is 1. The van der Waals surface area contributed by atoms with Crippen molar-refractivity contribution in [3.8, 4) is 0 Å². The fourth-order valence-corrected chi connectivity index (χ4v) is 4.18. The SMILES string of the molecule is CCN(CC1CCC1)S(=O)(=O)c1cc(N)ccc1C. The third kappa shape index (κ3) is 2.92. The lowest BCUT2D eigenvalue weighted by Gasteiger charge is -2.31. The zero-order valence-corrected chi connectivity index (χ0v) is 12.4. The first kappa shape index (κ1) is 14.3. The molecule has 0 aromatic heterocycles. The molecule has 2 rings (SSSR count). The van der Waals surface area contributed by atoms with Gasteiger partial charge in [0.1, 0.15) is 0 Å². The Bertz CT molecular complexity index is 551. The molecule has 1 aliphatic rings. The number of nitrogens with two attached hydrogens (primary N) is 1. The van der Waals surface area contributed by atoms with Crippen LogP contribution in [0.2, 0.25) is 0 Å². The Labute approximate surface area is 115 Å². The van der Waals surface area contributed by atoms with Gasteiger partial charge in [0.15, 0.2) is 0 Å². The molecule has 1 aliphatic carbocycles. The van der Waals surface area contributed by atoms with Crippen LogP contribution in [0.1, 0.15) is 31.7 Å². The quantitative estimate of drug-likeness (QED) is 0.843. The molecule has 0 atom stereocenters. The van der Waals surface area contributed by atoms with E-state index in [-0.39, 0.29) is 0 Å². The Morgan fingerprint density at radius 1 is 1.37 bits per heavy atom. The third-order valence-corrected chi connectivity index (χ3v) is 5.95. The summed E-state index contributed by atoms with van der Waals surface area (Å²) in [5.74, 6) is 0.524. The zero-order chi connectivity index (χ0) is 14.0. The Hall–Kier alpha value is -1.07. The summed E-state index contributed by atoms with van der Waals surface area (Å²) < 4.78 is 26.9. The molecule has 2 N–H and O–H groups in total. The van der Waals surface area contributed by atoms with Crippen LogP contribution < -0.4 is 5.73 Å². The Morgan fingerprint density at radius 2 is 2.05 bits per heavy atom. The molecule has 0 radical (unpaired) electrons. The van der Waals surface area contributed by atoms with Crippen molar-refractivity contribution in [3.63, 3.8) is 0 Å². The van der Waals surface area contributed by atoms with Crippen LogP contribution in [-0.4, -0.2) is 25.8 Å². The highest BCUT2D eigenvalue weighted by atomic mass is 32.2. The van der Waals surface area contributed by atoms with Crippen LogP contribution in [0.4, 0.5) is 5.69 Å². The summed E-state index contributed by atoms with van der Waals surface area (Å²) in [7, 11) is -3.42. The van der Waals surface area contributed by atoms with Crippen molar-refractivity contribution in [2.45, 2.75) is 38.0 Å². The van der Waals surface area contributed by atoms with Gasteiger partial charge in [-0.3, -0.25) is 0 Å². The van der Waals surface area contributed by atoms with Crippen molar-refractivity contribution in [1.29, 1.82) is 0 Å². The van der Waals surface area contributed by atoms with E-state index in [2.05, 4.69) is 0 Å². The average molecular weight is 282 g/mol. The molecule has 1 fully saturated rings. The number of benzene rings is 1. The van der Waals surface area contributed by atoms with E-state index in [0.717, 1.165) is 18.4 Å². The number of anilines is 1. The molecule has 0 amide bonds. The van der Waals surface area contributed by atoms with E-state index in [1.807, 2.05) is 13.8 Å². The summed E-state index contributed by atoms with van der Waals surface area (Å²) in [5.41, 5.74) is 6.96. The Balaban J connectivity index is 2.30. The lowest BCUT2D eigenvalue weighted by atomic mass is 9.85. The monoisotopic (exact) mass is 282 g/mol. The zero-order valence-electron chi connectivity index (χ0n) is 11.6. The topological polar surface area (TPSA) is 63.4 Å². The molecule has 5 heteroatoms. The summed E-state index contributed by atoms with van der Waals surface area (Å²) in [6.45, 7) is 4.83. The van der Waals surface area contributed by atoms with Crippen LogP contribution in [-0.2, 0) is 10.0 Å². The lowest BCUT2D eigenvalue weighted by molar-refractivity contribution is 0.250. The van der Waals surface area contributed by atoms with Crippen LogP contribution >= 0.6 is 0 Å². The second-order valence-corrected chi connectivity index (χ2v) is 7.18. The Kier molecular flexibility index (Phi) is 4.16. The van der Waals surface area contributed by atoms with Gasteiger partial charge in [-0.2, -0.15) is 4.31 Å². The summed E-state index contributed by atoms with van der Waals surface area (Å²) in [6.07, 6.45) is 3.50. The van der Waals surface area contributed by atoms with Gasteiger partial charge in [-0.1, -0.05) is 19.4 Å². The van der Waals surface area contributed by atoms with Crippen LogP contribution in [0, 0.1) is 12.8 Å². The van der Waals surface area contributed by atoms with Crippen LogP contribution in [0.3, 0.4) is 0 Å². The summed E-state index contributed by atoms with van der Waals surface area (Å²) >= 11 is 0. The normalized spacial score (nSPS) is 16.6. The molecule has 0 heterocycles. The summed E-state index contributed by atoms with van der Waals surface area (Å²) in [4.78, 5) is 0.341. The first-order valence-corrected chi connectivity index (χ1v) is 8.25. The second-order valence-electron chi connectivity index (χ2n) is 5.28. The third-order valence-electron chi connectivity index (χ3n) is 3.87. The molecule has 19 heavy (non-hydrogen) atoms. The minimum absolute atomic E-state index is 0.341. The molecule has 0 spiro atoms. The van der Waals surface area contributed by atoms with Gasteiger partial charge in [-0.15, -0.1) is 0 Å². The highest BCUT2D eigenvalue weighted by molar-refractivity contribution is 7.89. The number of aryl methyl sites for hydroxylation is 1. The number of hydrogen-bond donors (Lipinski definition) is 1. The van der Waals surface area contributed by atoms with Crippen molar-refractivity contribution in [1.82, 2.24) is 4.31 Å². The highest BCUT2D eigenvalue weighted by Gasteiger charge is 2.29. The minimum Gasteiger partial charge on any atom is -0.399 e. The maximum absolute atomic E-state index is 12.7. The van der Waals surface area contributed by atoms with Crippen molar-refractivity contribution in [2.75, 3.05) is 18.8 Å². The van der Waals surface area contributed by atoms with E-state index in [4.69, 9.17) is 5.73 Å². The van der Waals surface area contributed by atoms with E-state index in [9.17, 15) is 8.42 Å². The summed E-state index contributed by atoms with van der Waals surface area (Å²) in [5, 5.41) is 0. The smallest absolute Gasteiger partial charge is 0.243 e. The minimum atomic E-state index is -3.42.